The number of aromatic nitrogens is 6. The fourth-order valence-corrected chi connectivity index (χ4v) is 2.32. The zero-order valence-corrected chi connectivity index (χ0v) is 10.9. The van der Waals surface area contributed by atoms with E-state index in [9.17, 15) is 0 Å². The minimum absolute atomic E-state index is 0.435. The van der Waals surface area contributed by atoms with Crippen molar-refractivity contribution in [1.82, 2.24) is 29.0 Å². The molecule has 0 fully saturated rings. The first-order valence-electron chi connectivity index (χ1n) is 5.11. The number of fused-ring (bicyclic) bond motifs is 1. The van der Waals surface area contributed by atoms with Gasteiger partial charge in [-0.3, -0.25) is 0 Å². The monoisotopic (exact) mass is 281 g/mol. The van der Waals surface area contributed by atoms with Gasteiger partial charge >= 0.3 is 0 Å². The lowest BCUT2D eigenvalue weighted by Crippen LogP contribution is -2.03. The van der Waals surface area contributed by atoms with Crippen molar-refractivity contribution < 1.29 is 0 Å². The van der Waals surface area contributed by atoms with E-state index in [1.165, 1.54) is 4.80 Å². The van der Waals surface area contributed by atoms with E-state index >= 15 is 0 Å². The summed E-state index contributed by atoms with van der Waals surface area (Å²) < 4.78 is 8.38. The molecule has 0 radical (unpaired) electrons. The summed E-state index contributed by atoms with van der Waals surface area (Å²) >= 11 is 7.30. The van der Waals surface area contributed by atoms with Crippen molar-refractivity contribution in [2.45, 2.75) is 6.54 Å². The molecular weight excluding hydrogens is 274 g/mol. The van der Waals surface area contributed by atoms with E-state index in [0.29, 0.717) is 17.4 Å². The van der Waals surface area contributed by atoms with Gasteiger partial charge in [0.15, 0.2) is 5.82 Å². The molecule has 2 aromatic heterocycles. The average Bonchev–Trinajstić information content (AvgIpc) is 2.96. The molecule has 0 amide bonds. The summed E-state index contributed by atoms with van der Waals surface area (Å²) in [5.74, 6) is 0.591. The Morgan fingerprint density at radius 3 is 3.06 bits per heavy atom. The molecule has 3 aromatic rings. The fourth-order valence-electron chi connectivity index (χ4n) is 1.56. The molecule has 92 valence electrons. The predicted octanol–water partition coefficient (Wildman–Crippen LogP) is 1.48. The summed E-state index contributed by atoms with van der Waals surface area (Å²) in [5, 5.41) is 15.5. The summed E-state index contributed by atoms with van der Waals surface area (Å²) in [7, 11) is 1.72. The Morgan fingerprint density at radius 1 is 1.39 bits per heavy atom. The van der Waals surface area contributed by atoms with E-state index in [1.807, 2.05) is 6.07 Å². The Labute approximate surface area is 111 Å². The van der Waals surface area contributed by atoms with Crippen LogP contribution in [0, 0.1) is 0 Å². The van der Waals surface area contributed by atoms with Crippen LogP contribution < -0.4 is 5.32 Å². The molecule has 0 aliphatic heterocycles. The molecule has 3 rings (SSSR count). The Balaban J connectivity index is 1.89. The normalized spacial score (nSPS) is 11.0. The number of hydrogen-bond acceptors (Lipinski definition) is 7. The van der Waals surface area contributed by atoms with Gasteiger partial charge in [0, 0.05) is 0 Å². The van der Waals surface area contributed by atoms with Gasteiger partial charge in [0.05, 0.1) is 36.0 Å². The third kappa shape index (κ3) is 2.00. The molecule has 0 unspecified atom stereocenters. The number of nitrogens with zero attached hydrogens (tertiary/aromatic N) is 6. The van der Waals surface area contributed by atoms with Gasteiger partial charge in [-0.1, -0.05) is 11.6 Å². The van der Waals surface area contributed by atoms with Crippen molar-refractivity contribution in [2.75, 3.05) is 5.32 Å². The number of tetrazole rings is 1. The molecule has 7 nitrogen and oxygen atoms in total. The summed E-state index contributed by atoms with van der Waals surface area (Å²) in [6.07, 6.45) is 0. The van der Waals surface area contributed by atoms with E-state index < -0.39 is 0 Å². The second-order valence-corrected chi connectivity index (χ2v) is 4.54. The molecule has 1 aromatic carbocycles. The van der Waals surface area contributed by atoms with E-state index in [2.05, 4.69) is 29.5 Å². The highest BCUT2D eigenvalue weighted by Crippen LogP contribution is 2.29. The first kappa shape index (κ1) is 11.3. The molecule has 1 N–H and O–H groups in total. The standard InChI is InChI=1S/C9H8ClN7S/c1-17-13-7(12-16-17)4-11-8-5(10)2-3-6-9(8)15-18-14-6/h2-3,11H,4H2,1H3. The average molecular weight is 282 g/mol. The number of nitrogens with one attached hydrogen (secondary N) is 1. The molecule has 0 saturated heterocycles. The highest BCUT2D eigenvalue weighted by Gasteiger charge is 2.10. The minimum Gasteiger partial charge on any atom is -0.375 e. The lowest BCUT2D eigenvalue weighted by molar-refractivity contribution is 0.628. The summed E-state index contributed by atoms with van der Waals surface area (Å²) in [5.41, 5.74) is 2.32. The Kier molecular flexibility index (Phi) is 2.80. The van der Waals surface area contributed by atoms with Crippen LogP contribution in [0.2, 0.25) is 5.02 Å². The van der Waals surface area contributed by atoms with Crippen molar-refractivity contribution in [2.24, 2.45) is 7.05 Å². The van der Waals surface area contributed by atoms with Crippen LogP contribution in [0.1, 0.15) is 5.82 Å². The van der Waals surface area contributed by atoms with Gasteiger partial charge < -0.3 is 5.32 Å². The Morgan fingerprint density at radius 2 is 2.28 bits per heavy atom. The molecular formula is C9H8ClN7S. The van der Waals surface area contributed by atoms with Gasteiger partial charge in [0.25, 0.3) is 0 Å². The van der Waals surface area contributed by atoms with Crippen LogP contribution in [-0.2, 0) is 13.6 Å². The third-order valence-electron chi connectivity index (χ3n) is 2.35. The van der Waals surface area contributed by atoms with Gasteiger partial charge in [-0.2, -0.15) is 13.5 Å². The lowest BCUT2D eigenvalue weighted by atomic mass is 10.2. The number of aryl methyl sites for hydroxylation is 1. The molecule has 0 spiro atoms. The quantitative estimate of drug-likeness (QED) is 0.783. The van der Waals surface area contributed by atoms with Crippen LogP contribution in [-0.4, -0.2) is 29.0 Å². The number of halogens is 1. The maximum atomic E-state index is 6.14. The van der Waals surface area contributed by atoms with Crippen LogP contribution in [0.4, 0.5) is 5.69 Å². The van der Waals surface area contributed by atoms with Crippen LogP contribution in [0.15, 0.2) is 12.1 Å². The predicted molar refractivity (Wildman–Crippen MR) is 68.5 cm³/mol. The maximum Gasteiger partial charge on any atom is 0.193 e. The zero-order valence-electron chi connectivity index (χ0n) is 9.33. The van der Waals surface area contributed by atoms with E-state index in [0.717, 1.165) is 28.4 Å². The van der Waals surface area contributed by atoms with Crippen molar-refractivity contribution in [1.29, 1.82) is 0 Å². The second kappa shape index (κ2) is 4.46. The first-order valence-corrected chi connectivity index (χ1v) is 6.22. The van der Waals surface area contributed by atoms with E-state index in [1.54, 1.807) is 13.1 Å². The summed E-state index contributed by atoms with van der Waals surface area (Å²) in [4.78, 5) is 1.41. The maximum absolute atomic E-state index is 6.14. The number of benzene rings is 1. The zero-order chi connectivity index (χ0) is 12.5. The number of hydrogen-bond donors (Lipinski definition) is 1. The van der Waals surface area contributed by atoms with Crippen molar-refractivity contribution in [3.63, 3.8) is 0 Å². The van der Waals surface area contributed by atoms with Crippen molar-refractivity contribution >= 4 is 40.0 Å². The number of rotatable bonds is 3. The highest BCUT2D eigenvalue weighted by atomic mass is 35.5. The molecule has 9 heteroatoms. The summed E-state index contributed by atoms with van der Waals surface area (Å²) in [6.45, 7) is 0.435. The lowest BCUT2D eigenvalue weighted by Gasteiger charge is -2.06. The van der Waals surface area contributed by atoms with Gasteiger partial charge in [-0.05, 0) is 17.3 Å². The topological polar surface area (TPSA) is 81.4 Å². The van der Waals surface area contributed by atoms with Crippen LogP contribution in [0.25, 0.3) is 11.0 Å². The Hall–Kier alpha value is -1.80. The first-order chi connectivity index (χ1) is 8.74. The van der Waals surface area contributed by atoms with Gasteiger partial charge in [0.1, 0.15) is 11.0 Å². The van der Waals surface area contributed by atoms with Crippen molar-refractivity contribution in [3.05, 3.63) is 23.0 Å². The largest absolute Gasteiger partial charge is 0.375 e. The van der Waals surface area contributed by atoms with Gasteiger partial charge in [-0.25, -0.2) is 0 Å². The summed E-state index contributed by atoms with van der Waals surface area (Å²) in [6, 6.07) is 3.63. The van der Waals surface area contributed by atoms with Gasteiger partial charge in [0.2, 0.25) is 0 Å². The molecule has 18 heavy (non-hydrogen) atoms. The Bertz CT molecular complexity index is 691. The third-order valence-corrected chi connectivity index (χ3v) is 3.21. The molecule has 0 atom stereocenters. The minimum atomic E-state index is 0.435. The van der Waals surface area contributed by atoms with Crippen molar-refractivity contribution in [3.8, 4) is 0 Å². The smallest absolute Gasteiger partial charge is 0.193 e. The number of anilines is 1. The molecule has 0 aliphatic carbocycles. The fraction of sp³-hybridized carbons (Fsp3) is 0.222. The van der Waals surface area contributed by atoms with Crippen LogP contribution in [0.5, 0.6) is 0 Å². The SMILES string of the molecule is Cn1nnc(CNc2c(Cl)ccc3nsnc23)n1. The molecule has 0 bridgehead atoms. The van der Waals surface area contributed by atoms with Gasteiger partial charge in [-0.15, -0.1) is 10.2 Å². The van der Waals surface area contributed by atoms with E-state index in [-0.39, 0.29) is 0 Å². The molecule has 2 heterocycles. The van der Waals surface area contributed by atoms with Crippen LogP contribution >= 0.6 is 23.3 Å². The van der Waals surface area contributed by atoms with Crippen LogP contribution in [0.3, 0.4) is 0 Å². The highest BCUT2D eigenvalue weighted by molar-refractivity contribution is 7.00. The second-order valence-electron chi connectivity index (χ2n) is 3.60. The molecule has 0 aliphatic rings. The van der Waals surface area contributed by atoms with E-state index in [4.69, 9.17) is 11.6 Å². The molecule has 0 saturated carbocycles.